The van der Waals surface area contributed by atoms with Crippen molar-refractivity contribution < 1.29 is 9.59 Å². The summed E-state index contributed by atoms with van der Waals surface area (Å²) in [5, 5.41) is 16.3. The minimum Gasteiger partial charge on any atom is -0.351 e. The molecule has 0 atom stereocenters. The van der Waals surface area contributed by atoms with E-state index in [0.29, 0.717) is 36.4 Å². The number of rotatable bonds is 10. The summed E-state index contributed by atoms with van der Waals surface area (Å²) >= 11 is 1.45. The summed E-state index contributed by atoms with van der Waals surface area (Å²) in [7, 11) is 0. The first kappa shape index (κ1) is 29.3. The average molecular weight is 603 g/mol. The Hall–Kier alpha value is -4.81. The number of hydrogen-bond donors (Lipinski definition) is 2. The number of nitrogens with zero attached hydrogens (tertiary/aromatic N) is 4. The number of anilines is 1. The predicted molar refractivity (Wildman–Crippen MR) is 172 cm³/mol. The highest BCUT2D eigenvalue weighted by Crippen LogP contribution is 2.41. The minimum atomic E-state index is -0.525. The molecule has 5 aromatic rings. The molecule has 2 N–H and O–H groups in total. The van der Waals surface area contributed by atoms with Crippen molar-refractivity contribution in [2.45, 2.75) is 51.5 Å². The highest BCUT2D eigenvalue weighted by molar-refractivity contribution is 7.20. The maximum Gasteiger partial charge on any atom is 0.261 e. The molecule has 1 saturated carbocycles. The van der Waals surface area contributed by atoms with Crippen LogP contribution in [0.3, 0.4) is 0 Å². The number of fused-ring (bicyclic) bond motifs is 1. The Morgan fingerprint density at radius 3 is 2.64 bits per heavy atom. The molecule has 0 radical (unpaired) electrons. The van der Waals surface area contributed by atoms with Gasteiger partial charge in [-0.3, -0.25) is 14.6 Å². The van der Waals surface area contributed by atoms with Gasteiger partial charge >= 0.3 is 0 Å². The molecule has 2 aromatic carbocycles. The third-order valence-corrected chi connectivity index (χ3v) is 9.55. The monoisotopic (exact) mass is 602 g/mol. The first-order valence-corrected chi connectivity index (χ1v) is 15.8. The van der Waals surface area contributed by atoms with E-state index in [2.05, 4.69) is 31.2 Å². The SMILES string of the molecule is N#Cc1ccc(Cn2cncc2CC2(C(=O)Nc3ccc4sc(C(=O)NCCc5ccccn5)cc4c3)CCCCC2)cc1. The van der Waals surface area contributed by atoms with Crippen LogP contribution >= 0.6 is 11.3 Å². The number of thiophene rings is 1. The van der Waals surface area contributed by atoms with Gasteiger partial charge in [0, 0.05) is 60.1 Å². The fourth-order valence-corrected chi connectivity index (χ4v) is 6.97. The molecule has 1 fully saturated rings. The van der Waals surface area contributed by atoms with Crippen molar-refractivity contribution in [2.75, 3.05) is 11.9 Å². The van der Waals surface area contributed by atoms with Crippen LogP contribution in [-0.2, 0) is 24.2 Å². The first-order chi connectivity index (χ1) is 21.5. The van der Waals surface area contributed by atoms with E-state index in [1.807, 2.05) is 79.3 Å². The van der Waals surface area contributed by atoms with Gasteiger partial charge in [0.05, 0.1) is 28.3 Å². The topological polar surface area (TPSA) is 113 Å². The van der Waals surface area contributed by atoms with Crippen LogP contribution in [0.2, 0.25) is 0 Å². The van der Waals surface area contributed by atoms with Crippen LogP contribution in [0, 0.1) is 16.7 Å². The molecule has 0 aliphatic heterocycles. The van der Waals surface area contributed by atoms with E-state index in [4.69, 9.17) is 5.26 Å². The van der Waals surface area contributed by atoms with Crippen LogP contribution < -0.4 is 10.6 Å². The number of imidazole rings is 1. The van der Waals surface area contributed by atoms with Crippen molar-refractivity contribution in [3.63, 3.8) is 0 Å². The zero-order valence-corrected chi connectivity index (χ0v) is 25.3. The molecular weight excluding hydrogens is 568 g/mol. The van der Waals surface area contributed by atoms with Crippen LogP contribution in [-0.4, -0.2) is 32.9 Å². The summed E-state index contributed by atoms with van der Waals surface area (Å²) in [6, 6.07) is 23.2. The van der Waals surface area contributed by atoms with Gasteiger partial charge in [0.25, 0.3) is 5.91 Å². The quantitative estimate of drug-likeness (QED) is 0.189. The molecule has 0 unspecified atom stereocenters. The van der Waals surface area contributed by atoms with E-state index in [-0.39, 0.29) is 11.8 Å². The number of carbonyl (C=O) groups is 2. The molecule has 222 valence electrons. The van der Waals surface area contributed by atoms with Crippen LogP contribution in [0.4, 0.5) is 5.69 Å². The largest absolute Gasteiger partial charge is 0.351 e. The molecule has 3 heterocycles. The highest BCUT2D eigenvalue weighted by Gasteiger charge is 2.40. The fraction of sp³-hybridized carbons (Fsp3) is 0.286. The van der Waals surface area contributed by atoms with E-state index >= 15 is 0 Å². The highest BCUT2D eigenvalue weighted by atomic mass is 32.1. The van der Waals surface area contributed by atoms with Gasteiger partial charge in [-0.05, 0) is 72.3 Å². The lowest BCUT2D eigenvalue weighted by Gasteiger charge is -2.36. The average Bonchev–Trinajstić information content (AvgIpc) is 3.68. The normalized spacial score (nSPS) is 14.2. The Morgan fingerprint density at radius 1 is 1.02 bits per heavy atom. The fourth-order valence-electron chi connectivity index (χ4n) is 6.01. The van der Waals surface area contributed by atoms with Crippen LogP contribution in [0.25, 0.3) is 10.1 Å². The summed E-state index contributed by atoms with van der Waals surface area (Å²) in [5.74, 6) is -0.0723. The van der Waals surface area contributed by atoms with Crippen molar-refractivity contribution in [3.05, 3.63) is 113 Å². The Balaban J connectivity index is 1.14. The molecule has 8 nitrogen and oxygen atoms in total. The molecular formula is C35H34N6O2S. The number of hydrogen-bond acceptors (Lipinski definition) is 6. The Bertz CT molecular complexity index is 1800. The van der Waals surface area contributed by atoms with Crippen LogP contribution in [0.1, 0.15) is 64.3 Å². The van der Waals surface area contributed by atoms with Crippen LogP contribution in [0.5, 0.6) is 0 Å². The second-order valence-corrected chi connectivity index (χ2v) is 12.6. The molecule has 6 rings (SSSR count). The van der Waals surface area contributed by atoms with Gasteiger partial charge in [-0.2, -0.15) is 5.26 Å². The molecule has 9 heteroatoms. The van der Waals surface area contributed by atoms with Gasteiger partial charge in [-0.25, -0.2) is 4.98 Å². The van der Waals surface area contributed by atoms with Gasteiger partial charge in [-0.1, -0.05) is 37.5 Å². The third-order valence-electron chi connectivity index (χ3n) is 8.44. The maximum absolute atomic E-state index is 14.0. The molecule has 0 saturated heterocycles. The van der Waals surface area contributed by atoms with Gasteiger partial charge in [0.2, 0.25) is 5.91 Å². The molecule has 0 spiro atoms. The van der Waals surface area contributed by atoms with E-state index in [0.717, 1.165) is 64.8 Å². The van der Waals surface area contributed by atoms with Gasteiger partial charge in [-0.15, -0.1) is 11.3 Å². The number of carbonyl (C=O) groups excluding carboxylic acids is 2. The van der Waals surface area contributed by atoms with Gasteiger partial charge < -0.3 is 15.2 Å². The van der Waals surface area contributed by atoms with Crippen molar-refractivity contribution in [1.82, 2.24) is 19.9 Å². The summed E-state index contributed by atoms with van der Waals surface area (Å²) in [6.07, 6.45) is 11.5. The Kier molecular flexibility index (Phi) is 8.80. The Morgan fingerprint density at radius 2 is 1.86 bits per heavy atom. The zero-order chi connectivity index (χ0) is 30.4. The summed E-state index contributed by atoms with van der Waals surface area (Å²) < 4.78 is 3.10. The Labute approximate surface area is 260 Å². The van der Waals surface area contributed by atoms with E-state index in [1.165, 1.54) is 11.3 Å². The van der Waals surface area contributed by atoms with E-state index < -0.39 is 5.41 Å². The predicted octanol–water partition coefficient (Wildman–Crippen LogP) is 6.52. The van der Waals surface area contributed by atoms with E-state index in [9.17, 15) is 9.59 Å². The van der Waals surface area contributed by atoms with Crippen LogP contribution in [0.15, 0.2) is 85.5 Å². The summed E-state index contributed by atoms with van der Waals surface area (Å²) in [4.78, 5) is 36.2. The molecule has 1 aliphatic rings. The molecule has 1 aliphatic carbocycles. The van der Waals surface area contributed by atoms with Gasteiger partial charge in [0.1, 0.15) is 0 Å². The number of nitrogens with one attached hydrogen (secondary N) is 2. The van der Waals surface area contributed by atoms with E-state index in [1.54, 1.807) is 6.20 Å². The first-order valence-electron chi connectivity index (χ1n) is 15.0. The number of benzene rings is 2. The molecule has 44 heavy (non-hydrogen) atoms. The summed E-state index contributed by atoms with van der Waals surface area (Å²) in [5.41, 5.74) is 3.89. The number of amides is 2. The summed E-state index contributed by atoms with van der Waals surface area (Å²) in [6.45, 7) is 1.15. The number of nitriles is 1. The second kappa shape index (κ2) is 13.2. The third kappa shape index (κ3) is 6.71. The smallest absolute Gasteiger partial charge is 0.261 e. The molecule has 3 aromatic heterocycles. The maximum atomic E-state index is 14.0. The second-order valence-electron chi connectivity index (χ2n) is 11.5. The number of pyridine rings is 1. The van der Waals surface area contributed by atoms with Crippen molar-refractivity contribution >= 4 is 38.9 Å². The lowest BCUT2D eigenvalue weighted by atomic mass is 9.70. The standard InChI is InChI=1S/C35H34N6O2S/c36-21-25-7-9-26(10-8-25)23-41-24-37-22-30(41)20-35(14-3-1-4-15-35)34(43)40-29-11-12-31-27(18-29)19-32(44-31)33(42)39-17-13-28-6-2-5-16-38-28/h2,5-12,16,18-19,22,24H,1,3-4,13-15,17,20,23H2,(H,39,42)(H,40,43). The van der Waals surface area contributed by atoms with Crippen molar-refractivity contribution in [3.8, 4) is 6.07 Å². The lowest BCUT2D eigenvalue weighted by molar-refractivity contribution is -0.127. The molecule has 0 bridgehead atoms. The van der Waals surface area contributed by atoms with Crippen molar-refractivity contribution in [2.24, 2.45) is 5.41 Å². The lowest BCUT2D eigenvalue weighted by Crippen LogP contribution is -2.40. The molecule has 2 amide bonds. The zero-order valence-electron chi connectivity index (χ0n) is 24.5. The minimum absolute atomic E-state index is 0.0328. The van der Waals surface area contributed by atoms with Gasteiger partial charge in [0.15, 0.2) is 0 Å². The van der Waals surface area contributed by atoms with Crippen molar-refractivity contribution in [1.29, 1.82) is 5.26 Å². The number of aromatic nitrogens is 3.